The molecule has 2 heteroatoms. The molecule has 1 saturated carbocycles. The van der Waals surface area contributed by atoms with Gasteiger partial charge in [0, 0.05) is 5.56 Å². The highest BCUT2D eigenvalue weighted by atomic mass is 16.1. The summed E-state index contributed by atoms with van der Waals surface area (Å²) in [4.78, 5) is 12.4. The van der Waals surface area contributed by atoms with Crippen molar-refractivity contribution in [1.82, 2.24) is 0 Å². The first-order chi connectivity index (χ1) is 8.33. The normalized spacial score (nSPS) is 18.9. The van der Waals surface area contributed by atoms with Crippen LogP contribution in [0.2, 0.25) is 0 Å². The Bertz CT molecular complexity index is 433. The third-order valence-electron chi connectivity index (χ3n) is 3.96. The van der Waals surface area contributed by atoms with E-state index in [-0.39, 0.29) is 11.2 Å². The van der Waals surface area contributed by atoms with Crippen LogP contribution < -0.4 is 5.73 Å². The molecule has 0 unspecified atom stereocenters. The molecule has 0 bridgehead atoms. The number of Topliss-reactive ketones (excluding diaryl/α,β-unsaturated/α-hetero) is 1. The number of nitrogens with two attached hydrogens (primary N) is 1. The maximum atomic E-state index is 12.4. The minimum atomic E-state index is -0.608. The van der Waals surface area contributed by atoms with Crippen LogP contribution in [0.15, 0.2) is 24.3 Å². The fraction of sp³-hybridized carbons (Fsp3) is 0.562. The Balaban J connectivity index is 2.22. The summed E-state index contributed by atoms with van der Waals surface area (Å²) in [6.07, 6.45) is 3.80. The minimum Gasteiger partial charge on any atom is -0.319 e. The number of carbonyl (C=O) groups is 1. The summed E-state index contributed by atoms with van der Waals surface area (Å²) in [5.74, 6) is 0.112. The first-order valence-electron chi connectivity index (χ1n) is 6.77. The Labute approximate surface area is 110 Å². The van der Waals surface area contributed by atoms with Gasteiger partial charge < -0.3 is 5.73 Å². The monoisotopic (exact) mass is 245 g/mol. The third-order valence-corrected chi connectivity index (χ3v) is 3.96. The number of ketones is 1. The lowest BCUT2D eigenvalue weighted by atomic mass is 9.84. The Hall–Kier alpha value is -1.15. The summed E-state index contributed by atoms with van der Waals surface area (Å²) in [6, 6.07) is 7.95. The number of rotatable bonds is 2. The van der Waals surface area contributed by atoms with Crippen molar-refractivity contribution in [3.8, 4) is 0 Å². The van der Waals surface area contributed by atoms with Crippen LogP contribution in [0, 0.1) is 0 Å². The van der Waals surface area contributed by atoms with Gasteiger partial charge in [-0.15, -0.1) is 0 Å². The van der Waals surface area contributed by atoms with Crippen LogP contribution in [0.25, 0.3) is 0 Å². The van der Waals surface area contributed by atoms with Gasteiger partial charge in [0.15, 0.2) is 5.78 Å². The molecule has 98 valence electrons. The van der Waals surface area contributed by atoms with Gasteiger partial charge in [0.1, 0.15) is 0 Å². The lowest BCUT2D eigenvalue weighted by molar-refractivity contribution is 0.0892. The summed E-state index contributed by atoms with van der Waals surface area (Å²) < 4.78 is 0. The molecule has 0 atom stereocenters. The van der Waals surface area contributed by atoms with Crippen LogP contribution in [0.4, 0.5) is 0 Å². The zero-order valence-corrected chi connectivity index (χ0v) is 11.6. The molecular formula is C16H23NO. The molecular weight excluding hydrogens is 222 g/mol. The Morgan fingerprint density at radius 1 is 1.11 bits per heavy atom. The molecule has 0 heterocycles. The maximum Gasteiger partial charge on any atom is 0.182 e. The largest absolute Gasteiger partial charge is 0.319 e. The fourth-order valence-electron chi connectivity index (χ4n) is 2.64. The van der Waals surface area contributed by atoms with E-state index in [4.69, 9.17) is 5.73 Å². The summed E-state index contributed by atoms with van der Waals surface area (Å²) in [5.41, 5.74) is 7.73. The van der Waals surface area contributed by atoms with E-state index in [9.17, 15) is 4.79 Å². The standard InChI is InChI=1S/C16H23NO/c1-15(2,3)13-8-6-12(7-9-13)14(18)16(17)10-4-5-11-16/h6-9H,4-5,10-11,17H2,1-3H3. The van der Waals surface area contributed by atoms with E-state index in [1.54, 1.807) is 0 Å². The molecule has 0 spiro atoms. The van der Waals surface area contributed by atoms with Crippen molar-refractivity contribution < 1.29 is 4.79 Å². The molecule has 0 saturated heterocycles. The Kier molecular flexibility index (Phi) is 3.33. The number of benzene rings is 1. The second kappa shape index (κ2) is 4.51. The quantitative estimate of drug-likeness (QED) is 0.811. The highest BCUT2D eigenvalue weighted by molar-refractivity contribution is 6.03. The van der Waals surface area contributed by atoms with Gasteiger partial charge in [0.25, 0.3) is 0 Å². The Morgan fingerprint density at radius 3 is 2.06 bits per heavy atom. The Morgan fingerprint density at radius 2 is 1.61 bits per heavy atom. The van der Waals surface area contributed by atoms with E-state index in [2.05, 4.69) is 20.8 Å². The average molecular weight is 245 g/mol. The van der Waals surface area contributed by atoms with Crippen LogP contribution in [0.5, 0.6) is 0 Å². The van der Waals surface area contributed by atoms with Crippen molar-refractivity contribution in [1.29, 1.82) is 0 Å². The third kappa shape index (κ3) is 2.49. The van der Waals surface area contributed by atoms with Crippen LogP contribution in [0.1, 0.15) is 62.4 Å². The van der Waals surface area contributed by atoms with E-state index in [1.807, 2.05) is 24.3 Å². The smallest absolute Gasteiger partial charge is 0.182 e. The SMILES string of the molecule is CC(C)(C)c1ccc(C(=O)C2(N)CCCC2)cc1. The predicted molar refractivity (Wildman–Crippen MR) is 74.9 cm³/mol. The van der Waals surface area contributed by atoms with E-state index in [0.717, 1.165) is 31.2 Å². The molecule has 2 rings (SSSR count). The molecule has 1 fully saturated rings. The van der Waals surface area contributed by atoms with Crippen molar-refractivity contribution in [2.75, 3.05) is 0 Å². The molecule has 1 aliphatic carbocycles. The minimum absolute atomic E-state index is 0.112. The first-order valence-corrected chi connectivity index (χ1v) is 6.77. The molecule has 1 aromatic rings. The van der Waals surface area contributed by atoms with Gasteiger partial charge in [-0.3, -0.25) is 4.79 Å². The fourth-order valence-corrected chi connectivity index (χ4v) is 2.64. The van der Waals surface area contributed by atoms with E-state index in [1.165, 1.54) is 5.56 Å². The van der Waals surface area contributed by atoms with Gasteiger partial charge in [-0.1, -0.05) is 57.9 Å². The topological polar surface area (TPSA) is 43.1 Å². The van der Waals surface area contributed by atoms with Crippen molar-refractivity contribution in [3.63, 3.8) is 0 Å². The van der Waals surface area contributed by atoms with Gasteiger partial charge in [-0.05, 0) is 23.8 Å². The molecule has 18 heavy (non-hydrogen) atoms. The molecule has 0 aliphatic heterocycles. The molecule has 1 aromatic carbocycles. The van der Waals surface area contributed by atoms with E-state index in [0.29, 0.717) is 0 Å². The van der Waals surface area contributed by atoms with Crippen molar-refractivity contribution in [3.05, 3.63) is 35.4 Å². The second-order valence-electron chi connectivity index (χ2n) is 6.52. The molecule has 1 aliphatic rings. The van der Waals surface area contributed by atoms with E-state index >= 15 is 0 Å². The van der Waals surface area contributed by atoms with Crippen LogP contribution in [0.3, 0.4) is 0 Å². The van der Waals surface area contributed by atoms with Gasteiger partial charge in [-0.2, -0.15) is 0 Å². The van der Waals surface area contributed by atoms with Crippen LogP contribution in [-0.2, 0) is 5.41 Å². The molecule has 2 N–H and O–H groups in total. The van der Waals surface area contributed by atoms with Crippen LogP contribution in [-0.4, -0.2) is 11.3 Å². The molecule has 0 amide bonds. The zero-order valence-electron chi connectivity index (χ0n) is 11.6. The van der Waals surface area contributed by atoms with Gasteiger partial charge in [0.2, 0.25) is 0 Å². The summed E-state index contributed by atoms with van der Waals surface area (Å²) in [5, 5.41) is 0. The van der Waals surface area contributed by atoms with E-state index < -0.39 is 5.54 Å². The van der Waals surface area contributed by atoms with Gasteiger partial charge >= 0.3 is 0 Å². The van der Waals surface area contributed by atoms with Crippen molar-refractivity contribution in [2.45, 2.75) is 57.4 Å². The average Bonchev–Trinajstić information content (AvgIpc) is 2.75. The summed E-state index contributed by atoms with van der Waals surface area (Å²) in [7, 11) is 0. The number of hydrogen-bond donors (Lipinski definition) is 1. The summed E-state index contributed by atoms with van der Waals surface area (Å²) >= 11 is 0. The molecule has 0 aromatic heterocycles. The lowest BCUT2D eigenvalue weighted by Gasteiger charge is -2.23. The van der Waals surface area contributed by atoms with Gasteiger partial charge in [-0.25, -0.2) is 0 Å². The van der Waals surface area contributed by atoms with Crippen molar-refractivity contribution in [2.24, 2.45) is 5.73 Å². The lowest BCUT2D eigenvalue weighted by Crippen LogP contribution is -2.45. The van der Waals surface area contributed by atoms with Crippen molar-refractivity contribution >= 4 is 5.78 Å². The first kappa shape index (κ1) is 13.3. The van der Waals surface area contributed by atoms with Gasteiger partial charge in [0.05, 0.1) is 5.54 Å². The predicted octanol–water partition coefficient (Wildman–Crippen LogP) is 3.44. The number of carbonyl (C=O) groups excluding carboxylic acids is 1. The molecule has 0 radical (unpaired) electrons. The maximum absolute atomic E-state index is 12.4. The summed E-state index contributed by atoms with van der Waals surface area (Å²) in [6.45, 7) is 6.52. The molecule has 2 nitrogen and oxygen atoms in total. The van der Waals surface area contributed by atoms with Crippen LogP contribution >= 0.6 is 0 Å². The second-order valence-corrected chi connectivity index (χ2v) is 6.52. The zero-order chi connectivity index (χ0) is 13.4. The number of hydrogen-bond acceptors (Lipinski definition) is 2. The highest BCUT2D eigenvalue weighted by Gasteiger charge is 2.37. The highest BCUT2D eigenvalue weighted by Crippen LogP contribution is 2.31.